The number of carbonyl (C=O) groups is 2. The predicted molar refractivity (Wildman–Crippen MR) is 77.7 cm³/mol. The standard InChI is InChI=1S/C16H16FNO4/c1-10(15(19)18(2)3)21-16(20)14-9-8-13(22-14)11-4-6-12(17)7-5-11/h4-10H,1-3H3/t10-/m1/s1. The number of rotatable bonds is 4. The van der Waals surface area contributed by atoms with Gasteiger partial charge in [0.1, 0.15) is 11.6 Å². The summed E-state index contributed by atoms with van der Waals surface area (Å²) in [5.41, 5.74) is 0.637. The first-order valence-electron chi connectivity index (χ1n) is 6.66. The van der Waals surface area contributed by atoms with E-state index in [0.717, 1.165) is 0 Å². The zero-order chi connectivity index (χ0) is 16.3. The maximum atomic E-state index is 12.9. The zero-order valence-corrected chi connectivity index (χ0v) is 12.5. The van der Waals surface area contributed by atoms with Gasteiger partial charge in [-0.15, -0.1) is 0 Å². The lowest BCUT2D eigenvalue weighted by molar-refractivity contribution is -0.137. The molecule has 0 unspecified atom stereocenters. The third-order valence-electron chi connectivity index (χ3n) is 3.01. The molecular formula is C16H16FNO4. The van der Waals surface area contributed by atoms with Gasteiger partial charge in [-0.1, -0.05) is 0 Å². The molecule has 2 rings (SSSR count). The van der Waals surface area contributed by atoms with E-state index in [1.54, 1.807) is 32.3 Å². The second-order valence-corrected chi connectivity index (χ2v) is 4.95. The molecule has 1 amide bonds. The van der Waals surface area contributed by atoms with Gasteiger partial charge in [0, 0.05) is 19.7 Å². The van der Waals surface area contributed by atoms with E-state index in [4.69, 9.17) is 9.15 Å². The highest BCUT2D eigenvalue weighted by Gasteiger charge is 2.22. The van der Waals surface area contributed by atoms with E-state index in [-0.39, 0.29) is 17.5 Å². The van der Waals surface area contributed by atoms with Crippen LogP contribution >= 0.6 is 0 Å². The molecule has 5 nitrogen and oxygen atoms in total. The molecule has 0 bridgehead atoms. The quantitative estimate of drug-likeness (QED) is 0.815. The molecule has 0 radical (unpaired) electrons. The zero-order valence-electron chi connectivity index (χ0n) is 12.5. The number of amides is 1. The summed E-state index contributed by atoms with van der Waals surface area (Å²) in [6.07, 6.45) is -0.901. The van der Waals surface area contributed by atoms with Crippen molar-refractivity contribution in [1.82, 2.24) is 4.90 Å². The average Bonchev–Trinajstić information content (AvgIpc) is 2.96. The number of hydrogen-bond acceptors (Lipinski definition) is 4. The van der Waals surface area contributed by atoms with Crippen molar-refractivity contribution in [3.63, 3.8) is 0 Å². The monoisotopic (exact) mass is 305 g/mol. The number of likely N-dealkylation sites (N-methyl/N-ethyl adjacent to an activating group) is 1. The van der Waals surface area contributed by atoms with Crippen LogP contribution < -0.4 is 0 Å². The summed E-state index contributed by atoms with van der Waals surface area (Å²) >= 11 is 0. The fraction of sp³-hybridized carbons (Fsp3) is 0.250. The summed E-state index contributed by atoms with van der Waals surface area (Å²) in [4.78, 5) is 24.9. The van der Waals surface area contributed by atoms with Gasteiger partial charge in [-0.2, -0.15) is 0 Å². The number of carbonyl (C=O) groups excluding carboxylic acids is 2. The van der Waals surface area contributed by atoms with E-state index >= 15 is 0 Å². The molecule has 0 spiro atoms. The van der Waals surface area contributed by atoms with E-state index in [2.05, 4.69) is 0 Å². The Balaban J connectivity index is 2.09. The second kappa shape index (κ2) is 6.43. The largest absolute Gasteiger partial charge is 0.449 e. The molecule has 1 heterocycles. The molecule has 0 saturated carbocycles. The number of furan rings is 1. The third kappa shape index (κ3) is 3.52. The topological polar surface area (TPSA) is 59.8 Å². The van der Waals surface area contributed by atoms with Gasteiger partial charge in [0.05, 0.1) is 0 Å². The van der Waals surface area contributed by atoms with Gasteiger partial charge in [-0.3, -0.25) is 4.79 Å². The van der Waals surface area contributed by atoms with Crippen molar-refractivity contribution in [2.75, 3.05) is 14.1 Å². The molecule has 2 aromatic rings. The van der Waals surface area contributed by atoms with E-state index in [0.29, 0.717) is 11.3 Å². The molecule has 0 aliphatic carbocycles. The highest BCUT2D eigenvalue weighted by Crippen LogP contribution is 2.23. The van der Waals surface area contributed by atoms with Crippen molar-refractivity contribution in [1.29, 1.82) is 0 Å². The molecule has 116 valence electrons. The van der Waals surface area contributed by atoms with Crippen LogP contribution in [0.1, 0.15) is 17.5 Å². The first-order chi connectivity index (χ1) is 10.4. The Morgan fingerprint density at radius 2 is 1.77 bits per heavy atom. The molecule has 0 aliphatic rings. The summed E-state index contributed by atoms with van der Waals surface area (Å²) in [6.45, 7) is 1.49. The minimum atomic E-state index is -0.901. The predicted octanol–water partition coefficient (Wildman–Crippen LogP) is 2.72. The van der Waals surface area contributed by atoms with Gasteiger partial charge in [-0.25, -0.2) is 9.18 Å². The van der Waals surface area contributed by atoms with Crippen LogP contribution in [-0.2, 0) is 9.53 Å². The maximum Gasteiger partial charge on any atom is 0.375 e. The number of ether oxygens (including phenoxy) is 1. The number of nitrogens with zero attached hydrogens (tertiary/aromatic N) is 1. The van der Waals surface area contributed by atoms with Crippen molar-refractivity contribution in [2.45, 2.75) is 13.0 Å². The molecule has 0 fully saturated rings. The van der Waals surface area contributed by atoms with Gasteiger partial charge in [-0.05, 0) is 43.3 Å². The number of hydrogen-bond donors (Lipinski definition) is 0. The van der Waals surface area contributed by atoms with Crippen LogP contribution in [0, 0.1) is 5.82 Å². The molecular weight excluding hydrogens is 289 g/mol. The number of benzene rings is 1. The van der Waals surface area contributed by atoms with Gasteiger partial charge < -0.3 is 14.1 Å². The first-order valence-corrected chi connectivity index (χ1v) is 6.66. The van der Waals surface area contributed by atoms with Gasteiger partial charge in [0.25, 0.3) is 5.91 Å². The lowest BCUT2D eigenvalue weighted by Crippen LogP contribution is -2.34. The summed E-state index contributed by atoms with van der Waals surface area (Å²) in [7, 11) is 3.15. The highest BCUT2D eigenvalue weighted by atomic mass is 19.1. The van der Waals surface area contributed by atoms with Gasteiger partial charge in [0.2, 0.25) is 5.76 Å². The van der Waals surface area contributed by atoms with Crippen LogP contribution in [0.15, 0.2) is 40.8 Å². The van der Waals surface area contributed by atoms with Crippen LogP contribution in [0.2, 0.25) is 0 Å². The van der Waals surface area contributed by atoms with Crippen molar-refractivity contribution in [3.8, 4) is 11.3 Å². The van der Waals surface area contributed by atoms with E-state index in [1.165, 1.54) is 30.0 Å². The fourth-order valence-electron chi connectivity index (χ4n) is 1.85. The summed E-state index contributed by atoms with van der Waals surface area (Å²) in [5, 5.41) is 0. The molecule has 1 aromatic carbocycles. The molecule has 22 heavy (non-hydrogen) atoms. The smallest absolute Gasteiger partial charge is 0.375 e. The summed E-state index contributed by atoms with van der Waals surface area (Å²) < 4.78 is 23.3. The fourth-order valence-corrected chi connectivity index (χ4v) is 1.85. The second-order valence-electron chi connectivity index (χ2n) is 4.95. The Labute approximate surface area is 127 Å². The van der Waals surface area contributed by atoms with Crippen LogP contribution in [0.4, 0.5) is 4.39 Å². The van der Waals surface area contributed by atoms with Crippen LogP contribution in [0.5, 0.6) is 0 Å². The lowest BCUT2D eigenvalue weighted by Gasteiger charge is -2.16. The van der Waals surface area contributed by atoms with Crippen LogP contribution in [0.25, 0.3) is 11.3 Å². The summed E-state index contributed by atoms with van der Waals surface area (Å²) in [6, 6.07) is 8.72. The van der Waals surface area contributed by atoms with Crippen molar-refractivity contribution >= 4 is 11.9 Å². The summed E-state index contributed by atoms with van der Waals surface area (Å²) in [5.74, 6) is -1.00. The highest BCUT2D eigenvalue weighted by molar-refractivity contribution is 5.90. The van der Waals surface area contributed by atoms with Crippen LogP contribution in [-0.4, -0.2) is 37.0 Å². The van der Waals surface area contributed by atoms with Gasteiger partial charge in [0.15, 0.2) is 6.10 Å². The molecule has 0 aliphatic heterocycles. The van der Waals surface area contributed by atoms with E-state index < -0.39 is 12.1 Å². The van der Waals surface area contributed by atoms with E-state index in [9.17, 15) is 14.0 Å². The molecule has 6 heteroatoms. The Morgan fingerprint density at radius 3 is 2.36 bits per heavy atom. The van der Waals surface area contributed by atoms with Crippen molar-refractivity contribution in [2.24, 2.45) is 0 Å². The lowest BCUT2D eigenvalue weighted by atomic mass is 10.2. The Hall–Kier alpha value is -2.63. The average molecular weight is 305 g/mol. The molecule has 1 atom stereocenters. The Morgan fingerprint density at radius 1 is 1.14 bits per heavy atom. The van der Waals surface area contributed by atoms with E-state index in [1.807, 2.05) is 0 Å². The number of esters is 1. The minimum Gasteiger partial charge on any atom is -0.449 e. The molecule has 0 N–H and O–H groups in total. The third-order valence-corrected chi connectivity index (χ3v) is 3.01. The first kappa shape index (κ1) is 15.8. The maximum absolute atomic E-state index is 12.9. The molecule has 1 aromatic heterocycles. The van der Waals surface area contributed by atoms with Crippen molar-refractivity contribution < 1.29 is 23.1 Å². The Bertz CT molecular complexity index is 676. The Kier molecular flexibility index (Phi) is 4.60. The number of halogens is 1. The van der Waals surface area contributed by atoms with Crippen molar-refractivity contribution in [3.05, 3.63) is 48.0 Å². The normalized spacial score (nSPS) is 11.8. The SMILES string of the molecule is C[C@@H](OC(=O)c1ccc(-c2ccc(F)cc2)o1)C(=O)N(C)C. The van der Waals surface area contributed by atoms with Crippen LogP contribution in [0.3, 0.4) is 0 Å². The minimum absolute atomic E-state index is 0.0160. The van der Waals surface area contributed by atoms with Gasteiger partial charge >= 0.3 is 5.97 Å². The molecule has 0 saturated heterocycles.